The van der Waals surface area contributed by atoms with Crippen LogP contribution in [0, 0.1) is 0 Å². The van der Waals surface area contributed by atoms with Gasteiger partial charge in [0.05, 0.1) is 6.54 Å². The van der Waals surface area contributed by atoms with Crippen LogP contribution in [0.2, 0.25) is 0 Å². The van der Waals surface area contributed by atoms with Gasteiger partial charge in [-0.3, -0.25) is 4.99 Å². The average Bonchev–Trinajstić information content (AvgIpc) is 2.58. The number of para-hydroxylation sites is 1. The van der Waals surface area contributed by atoms with E-state index in [4.69, 9.17) is 9.47 Å². The number of hydrogen-bond donors (Lipinski definition) is 1. The van der Waals surface area contributed by atoms with Gasteiger partial charge in [-0.25, -0.2) is 0 Å². The highest BCUT2D eigenvalue weighted by molar-refractivity contribution is 14.0. The predicted molar refractivity (Wildman–Crippen MR) is 112 cm³/mol. The summed E-state index contributed by atoms with van der Waals surface area (Å²) in [7, 11) is 3.79. The van der Waals surface area contributed by atoms with Crippen LogP contribution in [0.15, 0.2) is 35.3 Å². The van der Waals surface area contributed by atoms with Gasteiger partial charge >= 0.3 is 0 Å². The minimum atomic E-state index is 0. The quantitative estimate of drug-likeness (QED) is 0.244. The summed E-state index contributed by atoms with van der Waals surface area (Å²) in [6.45, 7) is 6.06. The number of guanidine groups is 1. The van der Waals surface area contributed by atoms with Crippen LogP contribution in [0.5, 0.6) is 5.75 Å². The molecule has 24 heavy (non-hydrogen) atoms. The predicted octanol–water partition coefficient (Wildman–Crippen LogP) is 3.40. The van der Waals surface area contributed by atoms with E-state index in [0.29, 0.717) is 6.61 Å². The third kappa shape index (κ3) is 10.7. The molecule has 5 nitrogen and oxygen atoms in total. The minimum absolute atomic E-state index is 0. The molecule has 0 radical (unpaired) electrons. The van der Waals surface area contributed by atoms with Crippen LogP contribution in [0.4, 0.5) is 0 Å². The third-order valence-corrected chi connectivity index (χ3v) is 3.40. The first-order valence-electron chi connectivity index (χ1n) is 8.44. The lowest BCUT2D eigenvalue weighted by molar-refractivity contribution is 0.192. The highest BCUT2D eigenvalue weighted by Crippen LogP contribution is 2.07. The molecule has 0 amide bonds. The summed E-state index contributed by atoms with van der Waals surface area (Å²) in [4.78, 5) is 6.78. The number of aliphatic imine (C=N–C) groups is 1. The lowest BCUT2D eigenvalue weighted by Crippen LogP contribution is -2.41. The van der Waals surface area contributed by atoms with Crippen LogP contribution in [0.3, 0.4) is 0 Å². The van der Waals surface area contributed by atoms with Crippen LogP contribution >= 0.6 is 24.0 Å². The second-order valence-corrected chi connectivity index (χ2v) is 5.37. The van der Waals surface area contributed by atoms with E-state index in [1.54, 1.807) is 7.11 Å². The van der Waals surface area contributed by atoms with Crippen molar-refractivity contribution >= 4 is 29.9 Å². The van der Waals surface area contributed by atoms with Gasteiger partial charge in [-0.05, 0) is 38.3 Å². The molecule has 0 saturated heterocycles. The molecule has 0 aliphatic rings. The zero-order chi connectivity index (χ0) is 16.8. The van der Waals surface area contributed by atoms with Crippen LogP contribution < -0.4 is 10.1 Å². The van der Waals surface area contributed by atoms with E-state index in [1.807, 2.05) is 37.4 Å². The maximum Gasteiger partial charge on any atom is 0.193 e. The Morgan fingerprint density at radius 1 is 1.12 bits per heavy atom. The van der Waals surface area contributed by atoms with Crippen molar-refractivity contribution in [1.29, 1.82) is 0 Å². The van der Waals surface area contributed by atoms with E-state index in [2.05, 4.69) is 22.1 Å². The van der Waals surface area contributed by atoms with Crippen molar-refractivity contribution in [2.75, 3.05) is 47.0 Å². The van der Waals surface area contributed by atoms with Crippen molar-refractivity contribution in [3.05, 3.63) is 30.3 Å². The Kier molecular flexibility index (Phi) is 14.8. The van der Waals surface area contributed by atoms with Crippen LogP contribution in [0.1, 0.15) is 26.2 Å². The molecule has 0 unspecified atom stereocenters. The zero-order valence-electron chi connectivity index (χ0n) is 15.2. The number of halogens is 1. The highest BCUT2D eigenvalue weighted by Gasteiger charge is 2.05. The molecule has 0 heterocycles. The van der Waals surface area contributed by atoms with Gasteiger partial charge in [0.1, 0.15) is 12.4 Å². The molecule has 0 fully saturated rings. The number of unbranched alkanes of at least 4 members (excludes halogenated alkanes) is 2. The summed E-state index contributed by atoms with van der Waals surface area (Å²) in [6.07, 6.45) is 3.34. The Bertz CT molecular complexity index is 430. The van der Waals surface area contributed by atoms with Gasteiger partial charge in [0.25, 0.3) is 0 Å². The molecule has 1 rings (SSSR count). The number of nitrogens with zero attached hydrogens (tertiary/aromatic N) is 2. The average molecular weight is 449 g/mol. The minimum Gasteiger partial charge on any atom is -0.492 e. The van der Waals surface area contributed by atoms with Crippen LogP contribution in [-0.2, 0) is 4.74 Å². The molecule has 0 atom stereocenters. The van der Waals surface area contributed by atoms with Gasteiger partial charge < -0.3 is 19.7 Å². The van der Waals surface area contributed by atoms with E-state index in [1.165, 1.54) is 0 Å². The highest BCUT2D eigenvalue weighted by atomic mass is 127. The van der Waals surface area contributed by atoms with Crippen molar-refractivity contribution in [3.63, 3.8) is 0 Å². The van der Waals surface area contributed by atoms with Gasteiger partial charge in [0.2, 0.25) is 0 Å². The van der Waals surface area contributed by atoms with Gasteiger partial charge in [-0.15, -0.1) is 24.0 Å². The summed E-state index contributed by atoms with van der Waals surface area (Å²) in [5, 5.41) is 3.33. The van der Waals surface area contributed by atoms with E-state index in [9.17, 15) is 0 Å². The summed E-state index contributed by atoms with van der Waals surface area (Å²) in [6, 6.07) is 9.89. The Morgan fingerprint density at radius 2 is 1.88 bits per heavy atom. The van der Waals surface area contributed by atoms with E-state index in [-0.39, 0.29) is 24.0 Å². The van der Waals surface area contributed by atoms with E-state index < -0.39 is 0 Å². The van der Waals surface area contributed by atoms with Crippen molar-refractivity contribution in [1.82, 2.24) is 10.2 Å². The number of hydrogen-bond acceptors (Lipinski definition) is 3. The summed E-state index contributed by atoms with van der Waals surface area (Å²) in [5.74, 6) is 1.84. The molecular weight excluding hydrogens is 417 g/mol. The van der Waals surface area contributed by atoms with E-state index >= 15 is 0 Å². The smallest absolute Gasteiger partial charge is 0.193 e. The molecule has 0 aliphatic heterocycles. The molecule has 0 saturated carbocycles. The van der Waals surface area contributed by atoms with Gasteiger partial charge in [-0.2, -0.15) is 0 Å². The Hall–Kier alpha value is -1.02. The number of rotatable bonds is 11. The number of nitrogens with one attached hydrogen (secondary N) is 1. The van der Waals surface area contributed by atoms with E-state index in [0.717, 1.165) is 57.2 Å². The Balaban J connectivity index is 0.00000529. The van der Waals surface area contributed by atoms with Crippen molar-refractivity contribution in [2.24, 2.45) is 4.99 Å². The van der Waals surface area contributed by atoms with Gasteiger partial charge in [0, 0.05) is 33.9 Å². The summed E-state index contributed by atoms with van der Waals surface area (Å²) < 4.78 is 10.8. The molecule has 0 aromatic heterocycles. The Morgan fingerprint density at radius 3 is 2.54 bits per heavy atom. The Labute approximate surface area is 163 Å². The first-order valence-corrected chi connectivity index (χ1v) is 8.44. The maximum absolute atomic E-state index is 5.74. The first-order chi connectivity index (χ1) is 11.3. The number of ether oxygens (including phenoxy) is 2. The monoisotopic (exact) mass is 449 g/mol. The molecule has 0 bridgehead atoms. The number of benzene rings is 1. The number of likely N-dealkylation sites (N-methyl/N-ethyl adjacent to an activating group) is 1. The second-order valence-electron chi connectivity index (χ2n) is 5.37. The van der Waals surface area contributed by atoms with Crippen molar-refractivity contribution in [3.8, 4) is 5.75 Å². The fraction of sp³-hybridized carbons (Fsp3) is 0.611. The summed E-state index contributed by atoms with van der Waals surface area (Å²) in [5.41, 5.74) is 0. The fourth-order valence-electron chi connectivity index (χ4n) is 2.11. The topological polar surface area (TPSA) is 46.1 Å². The fourth-order valence-corrected chi connectivity index (χ4v) is 2.11. The molecule has 0 spiro atoms. The van der Waals surface area contributed by atoms with Crippen LogP contribution in [-0.4, -0.2) is 57.9 Å². The van der Waals surface area contributed by atoms with Gasteiger partial charge in [0.15, 0.2) is 5.96 Å². The normalized spacial score (nSPS) is 10.9. The lowest BCUT2D eigenvalue weighted by Gasteiger charge is -2.22. The molecule has 0 aliphatic carbocycles. The molecule has 1 aromatic rings. The summed E-state index contributed by atoms with van der Waals surface area (Å²) >= 11 is 0. The molecular formula is C18H32IN3O2. The second kappa shape index (κ2) is 15.5. The van der Waals surface area contributed by atoms with Crippen molar-refractivity contribution < 1.29 is 9.47 Å². The van der Waals surface area contributed by atoms with Gasteiger partial charge in [-0.1, -0.05) is 18.2 Å². The first kappa shape index (κ1) is 23.0. The molecule has 138 valence electrons. The lowest BCUT2D eigenvalue weighted by atomic mass is 10.2. The van der Waals surface area contributed by atoms with Crippen molar-refractivity contribution in [2.45, 2.75) is 26.2 Å². The largest absolute Gasteiger partial charge is 0.492 e. The third-order valence-electron chi connectivity index (χ3n) is 3.40. The maximum atomic E-state index is 5.74. The standard InChI is InChI=1S/C18H31N3O2.HI/c1-4-19-18(20-13-9-6-10-15-22-3)21(2)14-16-23-17-11-7-5-8-12-17;/h5,7-8,11-12H,4,6,9-10,13-16H2,1-3H3,(H,19,20);1H. The SMILES string of the molecule is CCNC(=NCCCCCOC)N(C)CCOc1ccccc1.I. The molecule has 1 aromatic carbocycles. The van der Waals surface area contributed by atoms with Crippen LogP contribution in [0.25, 0.3) is 0 Å². The molecule has 6 heteroatoms. The zero-order valence-corrected chi connectivity index (χ0v) is 17.5. The molecule has 1 N–H and O–H groups in total. The number of methoxy groups -OCH3 is 1.